The minimum Gasteiger partial charge on any atom is -0.393 e. The summed E-state index contributed by atoms with van der Waals surface area (Å²) in [6, 6.07) is 0.804. The summed E-state index contributed by atoms with van der Waals surface area (Å²) >= 11 is 0. The van der Waals surface area contributed by atoms with E-state index < -0.39 is 0 Å². The quantitative estimate of drug-likeness (QED) is 0.745. The molecule has 7 heteroatoms. The second-order valence-corrected chi connectivity index (χ2v) is 9.75. The lowest BCUT2D eigenvalue weighted by Crippen LogP contribution is -2.60. The number of nitrogens with two attached hydrogens (primary N) is 1. The number of nitrogens with zero attached hydrogens (tertiary/aromatic N) is 4. The van der Waals surface area contributed by atoms with Gasteiger partial charge in [-0.25, -0.2) is 9.97 Å². The maximum Gasteiger partial charge on any atom is 0.157 e. The summed E-state index contributed by atoms with van der Waals surface area (Å²) in [4.78, 5) is 13.6. The van der Waals surface area contributed by atoms with Crippen LogP contribution in [0.2, 0.25) is 0 Å². The Morgan fingerprint density at radius 1 is 1.15 bits per heavy atom. The Labute approximate surface area is 164 Å². The second-order valence-electron chi connectivity index (χ2n) is 9.75. The number of rotatable bonds is 4. The van der Waals surface area contributed by atoms with Crippen LogP contribution in [0.4, 0.5) is 17.3 Å². The van der Waals surface area contributed by atoms with Gasteiger partial charge in [0.2, 0.25) is 0 Å². The minimum atomic E-state index is 0.0783. The number of anilines is 3. The van der Waals surface area contributed by atoms with E-state index in [9.17, 15) is 0 Å². The lowest BCUT2D eigenvalue weighted by atomic mass is 9.79. The van der Waals surface area contributed by atoms with E-state index in [0.29, 0.717) is 17.8 Å². The van der Waals surface area contributed by atoms with Crippen LogP contribution in [-0.2, 0) is 0 Å². The number of piperidine rings is 2. The number of likely N-dealkylation sites (tertiary alicyclic amines) is 1. The maximum absolute atomic E-state index is 6.52. The molecule has 27 heavy (non-hydrogen) atoms. The van der Waals surface area contributed by atoms with Gasteiger partial charge in [-0.1, -0.05) is 0 Å². The van der Waals surface area contributed by atoms with Crippen molar-refractivity contribution in [3.8, 4) is 0 Å². The number of nitrogens with one attached hydrogen (secondary N) is 2. The van der Waals surface area contributed by atoms with Gasteiger partial charge in [0, 0.05) is 30.2 Å². The lowest BCUT2D eigenvalue weighted by Gasteiger charge is -2.46. The molecule has 7 nitrogen and oxygen atoms in total. The molecule has 152 valence electrons. The molecule has 2 aliphatic heterocycles. The fourth-order valence-corrected chi connectivity index (χ4v) is 4.96. The topological polar surface area (TPSA) is 82.3 Å². The molecule has 1 aromatic heterocycles. The monoisotopic (exact) mass is 375 g/mol. The van der Waals surface area contributed by atoms with Crippen LogP contribution in [0.5, 0.6) is 0 Å². The molecule has 2 fully saturated rings. The Balaban J connectivity index is 1.75. The normalized spacial score (nSPS) is 23.9. The van der Waals surface area contributed by atoms with Gasteiger partial charge in [0.1, 0.15) is 12.0 Å². The molecule has 4 N–H and O–H groups in total. The first-order chi connectivity index (χ1) is 12.6. The van der Waals surface area contributed by atoms with E-state index in [1.54, 1.807) is 6.33 Å². The molecule has 1 aromatic rings. The highest BCUT2D eigenvalue weighted by molar-refractivity contribution is 5.75. The number of aromatic nitrogens is 2. The van der Waals surface area contributed by atoms with Crippen molar-refractivity contribution < 1.29 is 0 Å². The predicted octanol–water partition coefficient (Wildman–Crippen LogP) is 2.31. The van der Waals surface area contributed by atoms with Gasteiger partial charge < -0.3 is 26.2 Å². The summed E-state index contributed by atoms with van der Waals surface area (Å²) in [5.41, 5.74) is 7.33. The van der Waals surface area contributed by atoms with Crippen LogP contribution in [0.15, 0.2) is 6.33 Å². The fourth-order valence-electron chi connectivity index (χ4n) is 4.96. The molecule has 0 bridgehead atoms. The average Bonchev–Trinajstić information content (AvgIpc) is 2.54. The van der Waals surface area contributed by atoms with Gasteiger partial charge >= 0.3 is 0 Å². The summed E-state index contributed by atoms with van der Waals surface area (Å²) in [7, 11) is 4.29. The first-order valence-corrected chi connectivity index (χ1v) is 10.1. The summed E-state index contributed by atoms with van der Waals surface area (Å²) < 4.78 is 0. The third-order valence-electron chi connectivity index (χ3n) is 5.96. The average molecular weight is 376 g/mol. The van der Waals surface area contributed by atoms with Gasteiger partial charge in [-0.3, -0.25) is 0 Å². The molecule has 0 unspecified atom stereocenters. The highest BCUT2D eigenvalue weighted by Gasteiger charge is 2.38. The first kappa shape index (κ1) is 20.1. The standard InChI is InChI=1S/C20H37N7/c1-19(2)11-14(12-20(3,4)25-19)24-17-16(21)18(23-13-22-17)27(6)15-7-9-26(5)10-8-15/h13-15,25H,7-12,21H2,1-6H3,(H,22,23,24). The highest BCUT2D eigenvalue weighted by atomic mass is 15.2. The van der Waals surface area contributed by atoms with Gasteiger partial charge in [-0.05, 0) is 73.5 Å². The molecule has 0 aromatic carbocycles. The van der Waals surface area contributed by atoms with Crippen LogP contribution < -0.4 is 21.3 Å². The van der Waals surface area contributed by atoms with Crippen LogP contribution >= 0.6 is 0 Å². The van der Waals surface area contributed by atoms with E-state index in [2.05, 4.69) is 72.2 Å². The third-order valence-corrected chi connectivity index (χ3v) is 5.96. The Bertz CT molecular complexity index is 634. The Morgan fingerprint density at radius 3 is 2.33 bits per heavy atom. The predicted molar refractivity (Wildman–Crippen MR) is 113 cm³/mol. The van der Waals surface area contributed by atoms with Crippen LogP contribution in [0.1, 0.15) is 53.4 Å². The largest absolute Gasteiger partial charge is 0.393 e. The zero-order chi connectivity index (χ0) is 19.8. The molecular formula is C20H37N7. The molecule has 0 atom stereocenters. The second kappa shape index (κ2) is 7.43. The van der Waals surface area contributed by atoms with Gasteiger partial charge in [0.05, 0.1) is 0 Å². The summed E-state index contributed by atoms with van der Waals surface area (Å²) in [5, 5.41) is 7.34. The van der Waals surface area contributed by atoms with Crippen molar-refractivity contribution in [3.05, 3.63) is 6.33 Å². The van der Waals surface area contributed by atoms with E-state index >= 15 is 0 Å². The molecule has 0 aliphatic carbocycles. The first-order valence-electron chi connectivity index (χ1n) is 10.1. The van der Waals surface area contributed by atoms with Crippen LogP contribution in [0, 0.1) is 0 Å². The van der Waals surface area contributed by atoms with Gasteiger partial charge in [-0.15, -0.1) is 0 Å². The molecule has 0 saturated carbocycles. The Morgan fingerprint density at radius 2 is 1.74 bits per heavy atom. The smallest absolute Gasteiger partial charge is 0.157 e. The summed E-state index contributed by atoms with van der Waals surface area (Å²) in [6.45, 7) is 11.3. The molecule has 2 aliphatic rings. The van der Waals surface area contributed by atoms with E-state index in [4.69, 9.17) is 5.73 Å². The van der Waals surface area contributed by atoms with Crippen molar-refractivity contribution in [2.24, 2.45) is 0 Å². The van der Waals surface area contributed by atoms with Crippen molar-refractivity contribution in [1.29, 1.82) is 0 Å². The fraction of sp³-hybridized carbons (Fsp3) is 0.800. The number of hydrogen-bond acceptors (Lipinski definition) is 7. The van der Waals surface area contributed by atoms with Crippen molar-refractivity contribution in [1.82, 2.24) is 20.2 Å². The van der Waals surface area contributed by atoms with Gasteiger partial charge in [0.15, 0.2) is 11.6 Å². The summed E-state index contributed by atoms with van der Waals surface area (Å²) in [6.07, 6.45) is 5.96. The third kappa shape index (κ3) is 4.82. The Hall–Kier alpha value is -1.60. The Kier molecular flexibility index (Phi) is 5.54. The number of hydrogen-bond donors (Lipinski definition) is 3. The van der Waals surface area contributed by atoms with Gasteiger partial charge in [-0.2, -0.15) is 0 Å². The van der Waals surface area contributed by atoms with Gasteiger partial charge in [0.25, 0.3) is 0 Å². The van der Waals surface area contributed by atoms with E-state index in [1.165, 1.54) is 0 Å². The highest BCUT2D eigenvalue weighted by Crippen LogP contribution is 2.33. The lowest BCUT2D eigenvalue weighted by molar-refractivity contribution is 0.170. The van der Waals surface area contributed by atoms with E-state index in [1.807, 2.05) is 0 Å². The van der Waals surface area contributed by atoms with Crippen LogP contribution in [0.25, 0.3) is 0 Å². The van der Waals surface area contributed by atoms with Crippen LogP contribution in [-0.4, -0.2) is 65.2 Å². The van der Waals surface area contributed by atoms with E-state index in [0.717, 1.165) is 50.4 Å². The molecule has 0 spiro atoms. The molecule has 3 rings (SSSR count). The molecule has 0 radical (unpaired) electrons. The van der Waals surface area contributed by atoms with Crippen molar-refractivity contribution in [3.63, 3.8) is 0 Å². The minimum absolute atomic E-state index is 0.0783. The zero-order valence-corrected chi connectivity index (χ0v) is 17.8. The molecule has 3 heterocycles. The van der Waals surface area contributed by atoms with Crippen LogP contribution in [0.3, 0.4) is 0 Å². The molecule has 0 amide bonds. The molecule has 2 saturated heterocycles. The van der Waals surface area contributed by atoms with Crippen molar-refractivity contribution in [2.45, 2.75) is 76.5 Å². The number of nitrogen functional groups attached to an aromatic ring is 1. The molecular weight excluding hydrogens is 338 g/mol. The summed E-state index contributed by atoms with van der Waals surface area (Å²) in [5.74, 6) is 1.60. The SMILES string of the molecule is CN1CCC(N(C)c2ncnc(NC3CC(C)(C)NC(C)(C)C3)c2N)CC1. The van der Waals surface area contributed by atoms with Crippen molar-refractivity contribution in [2.75, 3.05) is 43.1 Å². The zero-order valence-electron chi connectivity index (χ0n) is 17.8. The van der Waals surface area contributed by atoms with Crippen molar-refractivity contribution >= 4 is 17.3 Å². The maximum atomic E-state index is 6.52. The van der Waals surface area contributed by atoms with E-state index in [-0.39, 0.29) is 11.1 Å².